The van der Waals surface area contributed by atoms with Gasteiger partial charge in [-0.2, -0.15) is 0 Å². The van der Waals surface area contributed by atoms with Crippen LogP contribution in [0.1, 0.15) is 32.3 Å². The minimum Gasteiger partial charge on any atom is -0.352 e. The number of hydrogen-bond donors (Lipinski definition) is 1. The molecule has 0 aromatic heterocycles. The van der Waals surface area contributed by atoms with Crippen molar-refractivity contribution in [1.29, 1.82) is 0 Å². The quantitative estimate of drug-likeness (QED) is 0.748. The first-order valence-corrected chi connectivity index (χ1v) is 6.17. The third kappa shape index (κ3) is 5.34. The van der Waals surface area contributed by atoms with Crippen molar-refractivity contribution in [3.63, 3.8) is 0 Å². The molecule has 0 aliphatic carbocycles. The number of carbonyl (C=O) groups excluding carboxylic acids is 1. The molecule has 17 heavy (non-hydrogen) atoms. The van der Waals surface area contributed by atoms with Crippen molar-refractivity contribution in [2.24, 2.45) is 5.92 Å². The molecule has 1 aromatic rings. The lowest BCUT2D eigenvalue weighted by atomic mass is 10.0. The topological polar surface area (TPSA) is 29.1 Å². The van der Waals surface area contributed by atoms with Crippen LogP contribution in [0.25, 0.3) is 0 Å². The molecule has 1 atom stereocenters. The van der Waals surface area contributed by atoms with Crippen LogP contribution >= 0.6 is 0 Å². The van der Waals surface area contributed by atoms with Gasteiger partial charge in [-0.25, -0.2) is 0 Å². The van der Waals surface area contributed by atoms with Crippen molar-refractivity contribution in [1.82, 2.24) is 5.32 Å². The summed E-state index contributed by atoms with van der Waals surface area (Å²) in [5.74, 6) is 0.216. The lowest BCUT2D eigenvalue weighted by Gasteiger charge is -2.11. The molecule has 0 aliphatic rings. The Morgan fingerprint density at radius 3 is 2.71 bits per heavy atom. The summed E-state index contributed by atoms with van der Waals surface area (Å²) in [6.45, 7) is 4.59. The van der Waals surface area contributed by atoms with E-state index in [0.29, 0.717) is 6.54 Å². The standard InChI is InChI=1S/C15H21NO/c1-3-4-6-9-13(2)15(17)16-12-14-10-7-5-8-11-14/h3-5,7-8,10-11,13H,6,9,12H2,1-2H3,(H,16,17). The highest BCUT2D eigenvalue weighted by Gasteiger charge is 2.10. The molecule has 0 heterocycles. The summed E-state index contributed by atoms with van der Waals surface area (Å²) in [4.78, 5) is 11.8. The van der Waals surface area contributed by atoms with E-state index in [-0.39, 0.29) is 11.8 Å². The van der Waals surface area contributed by atoms with E-state index < -0.39 is 0 Å². The number of hydrogen-bond acceptors (Lipinski definition) is 1. The first kappa shape index (κ1) is 13.5. The fraction of sp³-hybridized carbons (Fsp3) is 0.400. The van der Waals surface area contributed by atoms with Crippen molar-refractivity contribution in [2.75, 3.05) is 0 Å². The van der Waals surface area contributed by atoms with Crippen LogP contribution in [-0.4, -0.2) is 5.91 Å². The van der Waals surface area contributed by atoms with Gasteiger partial charge in [0.2, 0.25) is 5.91 Å². The first-order valence-electron chi connectivity index (χ1n) is 6.17. The summed E-state index contributed by atoms with van der Waals surface area (Å²) in [5.41, 5.74) is 1.14. The van der Waals surface area contributed by atoms with Crippen molar-refractivity contribution in [3.05, 3.63) is 48.0 Å². The maximum atomic E-state index is 11.8. The van der Waals surface area contributed by atoms with E-state index >= 15 is 0 Å². The summed E-state index contributed by atoms with van der Waals surface area (Å²) < 4.78 is 0. The van der Waals surface area contributed by atoms with Gasteiger partial charge in [0.1, 0.15) is 0 Å². The zero-order valence-corrected chi connectivity index (χ0v) is 10.6. The molecule has 1 amide bonds. The fourth-order valence-electron chi connectivity index (χ4n) is 1.60. The lowest BCUT2D eigenvalue weighted by molar-refractivity contribution is -0.124. The van der Waals surface area contributed by atoms with E-state index in [2.05, 4.69) is 11.4 Å². The fourth-order valence-corrected chi connectivity index (χ4v) is 1.60. The van der Waals surface area contributed by atoms with Crippen LogP contribution in [0, 0.1) is 5.92 Å². The minimum atomic E-state index is 0.0786. The lowest BCUT2D eigenvalue weighted by Crippen LogP contribution is -2.28. The van der Waals surface area contributed by atoms with Crippen molar-refractivity contribution in [2.45, 2.75) is 33.2 Å². The van der Waals surface area contributed by atoms with Crippen LogP contribution in [0.3, 0.4) is 0 Å². The van der Waals surface area contributed by atoms with Gasteiger partial charge in [0, 0.05) is 12.5 Å². The monoisotopic (exact) mass is 231 g/mol. The Kier molecular flexibility index (Phi) is 6.08. The summed E-state index contributed by atoms with van der Waals surface area (Å²) in [6.07, 6.45) is 6.00. The van der Waals surface area contributed by atoms with Gasteiger partial charge in [-0.1, -0.05) is 49.4 Å². The average Bonchev–Trinajstić information content (AvgIpc) is 2.37. The van der Waals surface area contributed by atoms with Crippen LogP contribution < -0.4 is 5.32 Å². The number of benzene rings is 1. The van der Waals surface area contributed by atoms with E-state index in [1.807, 2.05) is 50.3 Å². The van der Waals surface area contributed by atoms with E-state index in [9.17, 15) is 4.79 Å². The third-order valence-corrected chi connectivity index (χ3v) is 2.76. The zero-order chi connectivity index (χ0) is 12.5. The molecule has 0 aliphatic heterocycles. The molecule has 0 radical (unpaired) electrons. The highest BCUT2D eigenvalue weighted by molar-refractivity contribution is 5.78. The van der Waals surface area contributed by atoms with Crippen LogP contribution in [0.4, 0.5) is 0 Å². The Balaban J connectivity index is 2.29. The molecular weight excluding hydrogens is 210 g/mol. The molecule has 92 valence electrons. The van der Waals surface area contributed by atoms with Crippen LogP contribution in [0.15, 0.2) is 42.5 Å². The minimum absolute atomic E-state index is 0.0786. The van der Waals surface area contributed by atoms with Crippen molar-refractivity contribution >= 4 is 5.91 Å². The Labute approximate surface area is 104 Å². The number of rotatable bonds is 6. The Hall–Kier alpha value is -1.57. The molecule has 0 bridgehead atoms. The predicted octanol–water partition coefficient (Wildman–Crippen LogP) is 3.30. The molecule has 1 rings (SSSR count). The van der Waals surface area contributed by atoms with E-state index in [1.165, 1.54) is 0 Å². The molecule has 1 N–H and O–H groups in total. The SMILES string of the molecule is CC=CCCC(C)C(=O)NCc1ccccc1. The maximum Gasteiger partial charge on any atom is 0.223 e. The predicted molar refractivity (Wildman–Crippen MR) is 71.5 cm³/mol. The second-order valence-corrected chi connectivity index (χ2v) is 4.25. The third-order valence-electron chi connectivity index (χ3n) is 2.76. The molecule has 0 saturated carbocycles. The van der Waals surface area contributed by atoms with E-state index in [0.717, 1.165) is 18.4 Å². The molecule has 2 nitrogen and oxygen atoms in total. The highest BCUT2D eigenvalue weighted by atomic mass is 16.1. The Morgan fingerprint density at radius 1 is 1.35 bits per heavy atom. The zero-order valence-electron chi connectivity index (χ0n) is 10.6. The summed E-state index contributed by atoms with van der Waals surface area (Å²) >= 11 is 0. The van der Waals surface area contributed by atoms with E-state index in [4.69, 9.17) is 0 Å². The number of carbonyl (C=O) groups is 1. The molecule has 1 unspecified atom stereocenters. The average molecular weight is 231 g/mol. The van der Waals surface area contributed by atoms with E-state index in [1.54, 1.807) is 0 Å². The Bertz CT molecular complexity index is 356. The van der Waals surface area contributed by atoms with Gasteiger partial charge < -0.3 is 5.32 Å². The van der Waals surface area contributed by atoms with Crippen LogP contribution in [0.2, 0.25) is 0 Å². The molecule has 2 heteroatoms. The van der Waals surface area contributed by atoms with Gasteiger partial charge in [0.05, 0.1) is 0 Å². The normalized spacial score (nSPS) is 12.6. The van der Waals surface area contributed by atoms with Crippen molar-refractivity contribution < 1.29 is 4.79 Å². The molecule has 0 spiro atoms. The molecule has 0 fully saturated rings. The molecular formula is C15H21NO. The second-order valence-electron chi connectivity index (χ2n) is 4.25. The number of nitrogens with one attached hydrogen (secondary N) is 1. The summed E-state index contributed by atoms with van der Waals surface area (Å²) in [5, 5.41) is 2.96. The molecule has 1 aromatic carbocycles. The summed E-state index contributed by atoms with van der Waals surface area (Å²) in [7, 11) is 0. The maximum absolute atomic E-state index is 11.8. The largest absolute Gasteiger partial charge is 0.352 e. The van der Waals surface area contributed by atoms with Gasteiger partial charge in [-0.15, -0.1) is 0 Å². The van der Waals surface area contributed by atoms with Gasteiger partial charge >= 0.3 is 0 Å². The van der Waals surface area contributed by atoms with Crippen molar-refractivity contribution in [3.8, 4) is 0 Å². The van der Waals surface area contributed by atoms with Crippen LogP contribution in [-0.2, 0) is 11.3 Å². The van der Waals surface area contributed by atoms with Gasteiger partial charge in [0.25, 0.3) is 0 Å². The number of allylic oxidation sites excluding steroid dienone is 2. The highest BCUT2D eigenvalue weighted by Crippen LogP contribution is 2.07. The van der Waals surface area contributed by atoms with Gasteiger partial charge in [0.15, 0.2) is 0 Å². The van der Waals surface area contributed by atoms with Crippen LogP contribution in [0.5, 0.6) is 0 Å². The summed E-state index contributed by atoms with van der Waals surface area (Å²) in [6, 6.07) is 9.98. The van der Waals surface area contributed by atoms with Gasteiger partial charge in [-0.3, -0.25) is 4.79 Å². The van der Waals surface area contributed by atoms with Gasteiger partial charge in [-0.05, 0) is 25.3 Å². The molecule has 0 saturated heterocycles. The Morgan fingerprint density at radius 2 is 2.06 bits per heavy atom. The second kappa shape index (κ2) is 7.66. The number of amides is 1. The smallest absolute Gasteiger partial charge is 0.223 e. The first-order chi connectivity index (χ1) is 8.24.